The van der Waals surface area contributed by atoms with Crippen molar-refractivity contribution in [3.05, 3.63) is 35.8 Å². The Kier molecular flexibility index (Phi) is 6.46. The number of nitrogens with zero attached hydrogens (tertiary/aromatic N) is 4. The Hall–Kier alpha value is -3.41. The van der Waals surface area contributed by atoms with Gasteiger partial charge in [-0.15, -0.1) is 0 Å². The molecule has 1 amide bonds. The van der Waals surface area contributed by atoms with Crippen LogP contribution in [0.15, 0.2) is 18.3 Å². The summed E-state index contributed by atoms with van der Waals surface area (Å²) in [6.45, 7) is 1.32. The fraction of sp³-hybridized carbons (Fsp3) is 0.478. The van der Waals surface area contributed by atoms with E-state index in [0.717, 1.165) is 25.0 Å². The van der Waals surface area contributed by atoms with E-state index in [9.17, 15) is 18.0 Å². The third-order valence-electron chi connectivity index (χ3n) is 6.73. The fourth-order valence-electron chi connectivity index (χ4n) is 4.78. The van der Waals surface area contributed by atoms with Crippen LogP contribution in [-0.4, -0.2) is 44.7 Å². The van der Waals surface area contributed by atoms with Crippen molar-refractivity contribution in [2.75, 3.05) is 23.8 Å². The fourth-order valence-corrected chi connectivity index (χ4v) is 4.78. The molecule has 0 bridgehead atoms. The number of imidazole rings is 1. The van der Waals surface area contributed by atoms with Gasteiger partial charge in [0, 0.05) is 31.2 Å². The van der Waals surface area contributed by atoms with E-state index in [2.05, 4.69) is 20.6 Å². The molecule has 0 spiro atoms. The Morgan fingerprint density at radius 1 is 1.03 bits per heavy atom. The summed E-state index contributed by atoms with van der Waals surface area (Å²) in [5.41, 5.74) is 6.22. The average molecular weight is 490 g/mol. The van der Waals surface area contributed by atoms with Crippen molar-refractivity contribution in [1.82, 2.24) is 19.5 Å². The minimum atomic E-state index is -1.57. The van der Waals surface area contributed by atoms with Crippen molar-refractivity contribution in [2.45, 2.75) is 50.6 Å². The highest BCUT2D eigenvalue weighted by Crippen LogP contribution is 2.37. The smallest absolute Gasteiger partial charge is 0.224 e. The number of halogens is 3. The molecule has 2 aliphatic rings. The number of nitrogens with two attached hydrogens (primary N) is 1. The summed E-state index contributed by atoms with van der Waals surface area (Å²) in [6, 6.07) is 2.03. The van der Waals surface area contributed by atoms with E-state index >= 15 is 0 Å². The second kappa shape index (κ2) is 9.68. The number of rotatable bonds is 6. The lowest BCUT2D eigenvalue weighted by molar-refractivity contribution is -0.122. The van der Waals surface area contributed by atoms with Gasteiger partial charge in [0.05, 0.1) is 11.9 Å². The zero-order valence-corrected chi connectivity index (χ0v) is 18.9. The molecule has 12 heteroatoms. The van der Waals surface area contributed by atoms with Gasteiger partial charge in [-0.05, 0) is 50.7 Å². The van der Waals surface area contributed by atoms with Crippen LogP contribution in [0.4, 0.5) is 30.8 Å². The number of primary amides is 1. The van der Waals surface area contributed by atoms with Crippen LogP contribution in [0.2, 0.25) is 0 Å². The highest BCUT2D eigenvalue weighted by molar-refractivity contribution is 5.78. The molecule has 2 fully saturated rings. The van der Waals surface area contributed by atoms with Gasteiger partial charge in [0.25, 0.3) is 0 Å². The van der Waals surface area contributed by atoms with Gasteiger partial charge in [0.15, 0.2) is 23.1 Å². The molecule has 1 aliphatic carbocycles. The quantitative estimate of drug-likeness (QED) is 0.451. The molecule has 0 atom stereocenters. The minimum Gasteiger partial charge on any atom is -0.381 e. The van der Waals surface area contributed by atoms with Crippen molar-refractivity contribution < 1.29 is 22.7 Å². The molecule has 186 valence electrons. The SMILES string of the molecule is NC(=O)C1CCC(n2c(Nc3ccc(F)c(F)c3F)nc3cnc(NC4CCOCC4)nc32)CC1. The van der Waals surface area contributed by atoms with Crippen molar-refractivity contribution in [1.29, 1.82) is 0 Å². The molecule has 9 nitrogen and oxygen atoms in total. The largest absolute Gasteiger partial charge is 0.381 e. The Labute approximate surface area is 199 Å². The number of nitrogens with one attached hydrogen (secondary N) is 2. The van der Waals surface area contributed by atoms with Gasteiger partial charge in [0.2, 0.25) is 17.8 Å². The Morgan fingerprint density at radius 3 is 2.49 bits per heavy atom. The van der Waals surface area contributed by atoms with E-state index in [1.165, 1.54) is 0 Å². The standard InChI is InChI=1S/C23H26F3N7O2/c24-15-5-6-16(19(26)18(15)25)30-23-31-17-11-28-22(29-13-7-9-35-10-8-13)32-21(17)33(23)14-3-1-12(2-4-14)20(27)34/h5-6,11-14H,1-4,7-10H2,(H2,27,34)(H,30,31)(H,28,29,32). The topological polar surface area (TPSA) is 120 Å². The van der Waals surface area contributed by atoms with E-state index in [0.29, 0.717) is 56.0 Å². The second-order valence-corrected chi connectivity index (χ2v) is 8.99. The van der Waals surface area contributed by atoms with E-state index in [1.54, 1.807) is 6.20 Å². The predicted molar refractivity (Wildman–Crippen MR) is 123 cm³/mol. The van der Waals surface area contributed by atoms with Gasteiger partial charge < -0.3 is 21.1 Å². The van der Waals surface area contributed by atoms with E-state index < -0.39 is 17.5 Å². The van der Waals surface area contributed by atoms with Gasteiger partial charge in [-0.2, -0.15) is 4.98 Å². The summed E-state index contributed by atoms with van der Waals surface area (Å²) in [6.07, 6.45) is 5.68. The number of fused-ring (bicyclic) bond motifs is 1. The van der Waals surface area contributed by atoms with E-state index in [1.807, 2.05) is 4.57 Å². The normalized spacial score (nSPS) is 21.2. The van der Waals surface area contributed by atoms with Gasteiger partial charge in [-0.1, -0.05) is 0 Å². The molecule has 35 heavy (non-hydrogen) atoms. The van der Waals surface area contributed by atoms with Crippen LogP contribution < -0.4 is 16.4 Å². The summed E-state index contributed by atoms with van der Waals surface area (Å²) < 4.78 is 48.9. The molecule has 2 aromatic heterocycles. The first-order valence-electron chi connectivity index (χ1n) is 11.7. The number of amides is 1. The maximum atomic E-state index is 14.4. The molecule has 1 aliphatic heterocycles. The van der Waals surface area contributed by atoms with Crippen molar-refractivity contribution in [3.8, 4) is 0 Å². The summed E-state index contributed by atoms with van der Waals surface area (Å²) in [5, 5.41) is 6.13. The maximum absolute atomic E-state index is 14.4. The summed E-state index contributed by atoms with van der Waals surface area (Å²) >= 11 is 0. The predicted octanol–water partition coefficient (Wildman–Crippen LogP) is 3.79. The van der Waals surface area contributed by atoms with Gasteiger partial charge >= 0.3 is 0 Å². The van der Waals surface area contributed by atoms with Crippen LogP contribution in [0.5, 0.6) is 0 Å². The van der Waals surface area contributed by atoms with Crippen LogP contribution in [0, 0.1) is 23.4 Å². The van der Waals surface area contributed by atoms with Gasteiger partial charge in [-0.3, -0.25) is 9.36 Å². The Balaban J connectivity index is 1.51. The number of carbonyl (C=O) groups excluding carboxylic acids is 1. The first-order chi connectivity index (χ1) is 16.9. The summed E-state index contributed by atoms with van der Waals surface area (Å²) in [5.74, 6) is -4.06. The monoisotopic (exact) mass is 489 g/mol. The van der Waals surface area contributed by atoms with Gasteiger partial charge in [0.1, 0.15) is 5.52 Å². The lowest BCUT2D eigenvalue weighted by Crippen LogP contribution is -2.29. The van der Waals surface area contributed by atoms with Crippen LogP contribution in [0.3, 0.4) is 0 Å². The average Bonchev–Trinajstić information content (AvgIpc) is 3.22. The van der Waals surface area contributed by atoms with Gasteiger partial charge in [-0.25, -0.2) is 23.1 Å². The minimum absolute atomic E-state index is 0.114. The lowest BCUT2D eigenvalue weighted by atomic mass is 9.85. The van der Waals surface area contributed by atoms with E-state index in [4.69, 9.17) is 15.5 Å². The molecule has 3 heterocycles. The molecular weight excluding hydrogens is 463 g/mol. The number of aromatic nitrogens is 4. The maximum Gasteiger partial charge on any atom is 0.224 e. The Bertz CT molecular complexity index is 1240. The molecule has 5 rings (SSSR count). The molecule has 1 aromatic carbocycles. The Morgan fingerprint density at radius 2 is 1.77 bits per heavy atom. The third kappa shape index (κ3) is 4.75. The number of benzene rings is 1. The molecule has 3 aromatic rings. The number of ether oxygens (including phenoxy) is 1. The highest BCUT2D eigenvalue weighted by Gasteiger charge is 2.29. The number of hydrogen-bond acceptors (Lipinski definition) is 7. The van der Waals surface area contributed by atoms with Crippen molar-refractivity contribution >= 4 is 34.7 Å². The zero-order valence-electron chi connectivity index (χ0n) is 18.9. The first-order valence-corrected chi connectivity index (χ1v) is 11.7. The molecule has 4 N–H and O–H groups in total. The van der Waals surface area contributed by atoms with Crippen molar-refractivity contribution in [2.24, 2.45) is 11.7 Å². The van der Waals surface area contributed by atoms with Crippen LogP contribution >= 0.6 is 0 Å². The second-order valence-electron chi connectivity index (χ2n) is 8.99. The number of hydrogen-bond donors (Lipinski definition) is 3. The first kappa shape index (κ1) is 23.3. The highest BCUT2D eigenvalue weighted by atomic mass is 19.2. The summed E-state index contributed by atoms with van der Waals surface area (Å²) in [4.78, 5) is 25.2. The summed E-state index contributed by atoms with van der Waals surface area (Å²) in [7, 11) is 0. The molecule has 0 unspecified atom stereocenters. The van der Waals surface area contributed by atoms with Crippen LogP contribution in [0.25, 0.3) is 11.2 Å². The lowest BCUT2D eigenvalue weighted by Gasteiger charge is -2.29. The van der Waals surface area contributed by atoms with Crippen LogP contribution in [-0.2, 0) is 9.53 Å². The molecule has 1 saturated heterocycles. The zero-order chi connectivity index (χ0) is 24.5. The molecular formula is C23H26F3N7O2. The molecule has 1 saturated carbocycles. The number of carbonyl (C=O) groups is 1. The van der Waals surface area contributed by atoms with Crippen LogP contribution in [0.1, 0.15) is 44.6 Å². The molecule has 0 radical (unpaired) electrons. The van der Waals surface area contributed by atoms with E-state index in [-0.39, 0.29) is 35.5 Å². The van der Waals surface area contributed by atoms with Crippen molar-refractivity contribution in [3.63, 3.8) is 0 Å². The third-order valence-corrected chi connectivity index (χ3v) is 6.73. The number of anilines is 3.